The van der Waals surface area contributed by atoms with Gasteiger partial charge in [0.2, 0.25) is 0 Å². The minimum absolute atomic E-state index is 0.204. The fraction of sp³-hybridized carbons (Fsp3) is 0.643. The Hall–Kier alpha value is -1.65. The third-order valence-electron chi connectivity index (χ3n) is 3.52. The summed E-state index contributed by atoms with van der Waals surface area (Å²) < 4.78 is 0. The molecule has 0 radical (unpaired) electrons. The molecule has 5 heteroatoms. The van der Waals surface area contributed by atoms with Gasteiger partial charge in [-0.2, -0.15) is 0 Å². The first-order chi connectivity index (χ1) is 8.95. The molecule has 1 heterocycles. The molecule has 0 bridgehead atoms. The van der Waals surface area contributed by atoms with Crippen molar-refractivity contribution in [3.05, 3.63) is 17.6 Å². The normalized spacial score (nSPS) is 22.7. The van der Waals surface area contributed by atoms with Crippen molar-refractivity contribution >= 4 is 11.8 Å². The minimum atomic E-state index is -0.689. The molecule has 1 aromatic rings. The second kappa shape index (κ2) is 5.55. The maximum atomic E-state index is 10.9. The number of aromatic nitrogens is 2. The summed E-state index contributed by atoms with van der Waals surface area (Å²) in [6.07, 6.45) is 2.31. The average molecular weight is 263 g/mol. The molecule has 2 N–H and O–H groups in total. The summed E-state index contributed by atoms with van der Waals surface area (Å²) in [5.41, 5.74) is 0.939. The third kappa shape index (κ3) is 3.43. The van der Waals surface area contributed by atoms with E-state index in [1.54, 1.807) is 0 Å². The van der Waals surface area contributed by atoms with Crippen LogP contribution < -0.4 is 5.32 Å². The topological polar surface area (TPSA) is 75.1 Å². The van der Waals surface area contributed by atoms with Gasteiger partial charge in [-0.15, -0.1) is 0 Å². The summed E-state index contributed by atoms with van der Waals surface area (Å²) in [4.78, 5) is 19.8. The molecule has 1 aliphatic carbocycles. The van der Waals surface area contributed by atoms with Gasteiger partial charge in [0, 0.05) is 23.7 Å². The van der Waals surface area contributed by atoms with E-state index in [2.05, 4.69) is 29.1 Å². The molecule has 0 amide bonds. The predicted molar refractivity (Wildman–Crippen MR) is 73.2 cm³/mol. The Morgan fingerprint density at radius 2 is 2.16 bits per heavy atom. The molecule has 104 valence electrons. The maximum Gasteiger partial charge on any atom is 0.306 e. The molecule has 1 aliphatic rings. The van der Waals surface area contributed by atoms with Crippen LogP contribution in [0.4, 0.5) is 5.82 Å². The van der Waals surface area contributed by atoms with Gasteiger partial charge < -0.3 is 10.4 Å². The Morgan fingerprint density at radius 1 is 1.42 bits per heavy atom. The van der Waals surface area contributed by atoms with E-state index in [0.717, 1.165) is 30.2 Å². The van der Waals surface area contributed by atoms with Gasteiger partial charge in [-0.3, -0.25) is 4.79 Å². The Bertz CT molecular complexity index is 474. The van der Waals surface area contributed by atoms with Gasteiger partial charge in [0.25, 0.3) is 0 Å². The Morgan fingerprint density at radius 3 is 2.74 bits per heavy atom. The summed E-state index contributed by atoms with van der Waals surface area (Å²) in [5.74, 6) is 1.02. The van der Waals surface area contributed by atoms with Crippen molar-refractivity contribution in [2.24, 2.45) is 5.92 Å². The molecule has 0 unspecified atom stereocenters. The van der Waals surface area contributed by atoms with Gasteiger partial charge in [0.05, 0.1) is 5.92 Å². The zero-order chi connectivity index (χ0) is 14.0. The van der Waals surface area contributed by atoms with Crippen molar-refractivity contribution in [3.8, 4) is 0 Å². The third-order valence-corrected chi connectivity index (χ3v) is 3.52. The standard InChI is InChI=1S/C14H21N3O2/c1-8(2)13-15-9(3)6-12(17-13)16-11-5-4-10(7-11)14(18)19/h6,8,10-11H,4-5,7H2,1-3H3,(H,18,19)(H,15,16,17)/t10-,11+/m1/s1. The van der Waals surface area contributed by atoms with Crippen LogP contribution in [0.15, 0.2) is 6.07 Å². The fourth-order valence-electron chi connectivity index (χ4n) is 2.47. The Labute approximate surface area is 113 Å². The van der Waals surface area contributed by atoms with E-state index < -0.39 is 5.97 Å². The molecule has 0 aromatic carbocycles. The number of nitrogens with one attached hydrogen (secondary N) is 1. The lowest BCUT2D eigenvalue weighted by Crippen LogP contribution is -2.19. The van der Waals surface area contributed by atoms with Crippen LogP contribution in [0, 0.1) is 12.8 Å². The fourth-order valence-corrected chi connectivity index (χ4v) is 2.47. The van der Waals surface area contributed by atoms with Crippen molar-refractivity contribution in [2.75, 3.05) is 5.32 Å². The van der Waals surface area contributed by atoms with Crippen molar-refractivity contribution in [3.63, 3.8) is 0 Å². The number of aryl methyl sites for hydroxylation is 1. The van der Waals surface area contributed by atoms with Crippen LogP contribution in [0.2, 0.25) is 0 Å². The van der Waals surface area contributed by atoms with E-state index in [1.165, 1.54) is 0 Å². The van der Waals surface area contributed by atoms with Crippen LogP contribution in [0.1, 0.15) is 50.5 Å². The molecule has 2 atom stereocenters. The van der Waals surface area contributed by atoms with Crippen LogP contribution in [-0.4, -0.2) is 27.1 Å². The molecule has 19 heavy (non-hydrogen) atoms. The largest absolute Gasteiger partial charge is 0.481 e. The zero-order valence-electron chi connectivity index (χ0n) is 11.7. The van der Waals surface area contributed by atoms with Crippen LogP contribution >= 0.6 is 0 Å². The van der Waals surface area contributed by atoms with Gasteiger partial charge in [-0.1, -0.05) is 13.8 Å². The van der Waals surface area contributed by atoms with Crippen molar-refractivity contribution in [1.82, 2.24) is 9.97 Å². The molecule has 1 fully saturated rings. The highest BCUT2D eigenvalue weighted by Gasteiger charge is 2.29. The quantitative estimate of drug-likeness (QED) is 0.873. The van der Waals surface area contributed by atoms with Crippen molar-refractivity contribution in [1.29, 1.82) is 0 Å². The van der Waals surface area contributed by atoms with Gasteiger partial charge >= 0.3 is 5.97 Å². The minimum Gasteiger partial charge on any atom is -0.481 e. The maximum absolute atomic E-state index is 10.9. The van der Waals surface area contributed by atoms with Gasteiger partial charge in [-0.05, 0) is 26.2 Å². The highest BCUT2D eigenvalue weighted by Crippen LogP contribution is 2.28. The van der Waals surface area contributed by atoms with E-state index in [-0.39, 0.29) is 17.9 Å². The molecule has 1 aromatic heterocycles. The molecule has 5 nitrogen and oxygen atoms in total. The highest BCUT2D eigenvalue weighted by atomic mass is 16.4. The summed E-state index contributed by atoms with van der Waals surface area (Å²) in [6.45, 7) is 6.08. The number of hydrogen-bond acceptors (Lipinski definition) is 4. The summed E-state index contributed by atoms with van der Waals surface area (Å²) in [7, 11) is 0. The zero-order valence-corrected chi connectivity index (χ0v) is 11.7. The number of nitrogens with zero attached hydrogens (tertiary/aromatic N) is 2. The predicted octanol–water partition coefficient (Wildman–Crippen LogP) is 2.57. The lowest BCUT2D eigenvalue weighted by Gasteiger charge is -2.15. The number of aliphatic carboxylic acids is 1. The summed E-state index contributed by atoms with van der Waals surface area (Å²) in [5, 5.41) is 12.4. The second-order valence-corrected chi connectivity index (χ2v) is 5.60. The number of anilines is 1. The second-order valence-electron chi connectivity index (χ2n) is 5.60. The van der Waals surface area contributed by atoms with Crippen LogP contribution in [-0.2, 0) is 4.79 Å². The monoisotopic (exact) mass is 263 g/mol. The molecule has 2 rings (SSSR count). The summed E-state index contributed by atoms with van der Waals surface area (Å²) in [6, 6.07) is 2.12. The van der Waals surface area contributed by atoms with Crippen molar-refractivity contribution in [2.45, 2.75) is 52.0 Å². The number of carboxylic acids is 1. The number of carbonyl (C=O) groups is 1. The molecular weight excluding hydrogens is 242 g/mol. The first-order valence-corrected chi connectivity index (χ1v) is 6.80. The van der Waals surface area contributed by atoms with Gasteiger partial charge in [0.15, 0.2) is 0 Å². The molecular formula is C14H21N3O2. The molecule has 0 aliphatic heterocycles. The van der Waals surface area contributed by atoms with E-state index in [1.807, 2.05) is 13.0 Å². The summed E-state index contributed by atoms with van der Waals surface area (Å²) >= 11 is 0. The molecule has 0 saturated heterocycles. The number of rotatable bonds is 4. The number of carboxylic acid groups (broad SMARTS) is 1. The smallest absolute Gasteiger partial charge is 0.306 e. The SMILES string of the molecule is Cc1cc(N[C@H]2CC[C@@H](C(=O)O)C2)nc(C(C)C)n1. The lowest BCUT2D eigenvalue weighted by atomic mass is 10.1. The first-order valence-electron chi connectivity index (χ1n) is 6.80. The van der Waals surface area contributed by atoms with Crippen molar-refractivity contribution < 1.29 is 9.90 Å². The lowest BCUT2D eigenvalue weighted by molar-refractivity contribution is -0.141. The van der Waals surface area contributed by atoms with Crippen LogP contribution in [0.3, 0.4) is 0 Å². The van der Waals surface area contributed by atoms with Gasteiger partial charge in [-0.25, -0.2) is 9.97 Å². The average Bonchev–Trinajstić information content (AvgIpc) is 2.76. The molecule has 0 spiro atoms. The van der Waals surface area contributed by atoms with Crippen LogP contribution in [0.25, 0.3) is 0 Å². The first kappa shape index (κ1) is 13.8. The highest BCUT2D eigenvalue weighted by molar-refractivity contribution is 5.70. The van der Waals surface area contributed by atoms with E-state index in [4.69, 9.17) is 5.11 Å². The van der Waals surface area contributed by atoms with Crippen LogP contribution in [0.5, 0.6) is 0 Å². The van der Waals surface area contributed by atoms with Gasteiger partial charge in [0.1, 0.15) is 11.6 Å². The number of hydrogen-bond donors (Lipinski definition) is 2. The van der Waals surface area contributed by atoms with E-state index in [9.17, 15) is 4.79 Å². The Kier molecular flexibility index (Phi) is 4.02. The molecule has 1 saturated carbocycles. The van der Waals surface area contributed by atoms with E-state index >= 15 is 0 Å². The Balaban J connectivity index is 2.06. The van der Waals surface area contributed by atoms with E-state index in [0.29, 0.717) is 6.42 Å².